The topological polar surface area (TPSA) is 69.6 Å². The van der Waals surface area contributed by atoms with Crippen LogP contribution in [0.4, 0.5) is 0 Å². The van der Waals surface area contributed by atoms with Crippen molar-refractivity contribution in [3.05, 3.63) is 70.7 Å². The van der Waals surface area contributed by atoms with Crippen molar-refractivity contribution < 1.29 is 14.7 Å². The molecule has 0 bridgehead atoms. The highest BCUT2D eigenvalue weighted by atomic mass is 35.5. The first-order valence-corrected chi connectivity index (χ1v) is 9.89. The van der Waals surface area contributed by atoms with Crippen molar-refractivity contribution in [2.75, 3.05) is 13.2 Å². The van der Waals surface area contributed by atoms with Gasteiger partial charge in [0.15, 0.2) is 0 Å². The van der Waals surface area contributed by atoms with Gasteiger partial charge >= 0.3 is 0 Å². The van der Waals surface area contributed by atoms with E-state index in [-0.39, 0.29) is 25.0 Å². The van der Waals surface area contributed by atoms with E-state index < -0.39 is 6.04 Å². The van der Waals surface area contributed by atoms with Crippen LogP contribution in [0.25, 0.3) is 0 Å². The second-order valence-corrected chi connectivity index (χ2v) is 7.05. The maximum Gasteiger partial charge on any atom is 0.243 e. The summed E-state index contributed by atoms with van der Waals surface area (Å²) < 4.78 is 0. The monoisotopic (exact) mass is 402 g/mol. The van der Waals surface area contributed by atoms with Crippen molar-refractivity contribution in [2.24, 2.45) is 0 Å². The molecule has 6 heteroatoms. The highest BCUT2D eigenvalue weighted by molar-refractivity contribution is 6.30. The summed E-state index contributed by atoms with van der Waals surface area (Å²) in [6.07, 6.45) is 1.47. The third-order valence-electron chi connectivity index (χ3n) is 4.41. The van der Waals surface area contributed by atoms with Crippen molar-refractivity contribution in [2.45, 2.75) is 38.8 Å². The third-order valence-corrected chi connectivity index (χ3v) is 4.66. The Kier molecular flexibility index (Phi) is 8.98. The molecule has 0 spiro atoms. The Hall–Kier alpha value is -2.37. The number of halogens is 1. The number of nitrogens with one attached hydrogen (secondary N) is 1. The molecule has 2 aromatic carbocycles. The van der Waals surface area contributed by atoms with E-state index in [9.17, 15) is 9.59 Å². The van der Waals surface area contributed by atoms with Crippen LogP contribution in [-0.2, 0) is 22.6 Å². The molecule has 0 aliphatic heterocycles. The van der Waals surface area contributed by atoms with Gasteiger partial charge in [0.1, 0.15) is 6.04 Å². The van der Waals surface area contributed by atoms with Crippen molar-refractivity contribution in [3.8, 4) is 0 Å². The minimum Gasteiger partial charge on any atom is -0.395 e. The molecule has 0 aliphatic rings. The third kappa shape index (κ3) is 6.66. The summed E-state index contributed by atoms with van der Waals surface area (Å²) >= 11 is 5.97. The van der Waals surface area contributed by atoms with Crippen LogP contribution >= 0.6 is 11.6 Å². The maximum absolute atomic E-state index is 12.9. The SMILES string of the molecule is CCCC(=O)N(Cc1ccc(Cl)cc1)[C@@H](Cc1ccccc1)C(=O)NCCO. The van der Waals surface area contributed by atoms with E-state index in [1.54, 1.807) is 17.0 Å². The van der Waals surface area contributed by atoms with E-state index in [0.717, 1.165) is 11.1 Å². The molecule has 0 heterocycles. The van der Waals surface area contributed by atoms with Crippen LogP contribution in [0.5, 0.6) is 0 Å². The first-order chi connectivity index (χ1) is 13.5. The Morgan fingerprint density at radius 2 is 1.75 bits per heavy atom. The Morgan fingerprint density at radius 1 is 1.07 bits per heavy atom. The van der Waals surface area contributed by atoms with Crippen LogP contribution in [0, 0.1) is 0 Å². The van der Waals surface area contributed by atoms with Gasteiger partial charge in [0.2, 0.25) is 11.8 Å². The summed E-state index contributed by atoms with van der Waals surface area (Å²) in [4.78, 5) is 27.4. The molecule has 0 unspecified atom stereocenters. The number of aliphatic hydroxyl groups excluding tert-OH is 1. The average Bonchev–Trinajstić information content (AvgIpc) is 2.71. The van der Waals surface area contributed by atoms with Gasteiger partial charge in [0.25, 0.3) is 0 Å². The number of hydrogen-bond acceptors (Lipinski definition) is 3. The number of hydrogen-bond donors (Lipinski definition) is 2. The zero-order valence-electron chi connectivity index (χ0n) is 16.1. The smallest absolute Gasteiger partial charge is 0.243 e. The average molecular weight is 403 g/mol. The molecule has 5 nitrogen and oxygen atoms in total. The summed E-state index contributed by atoms with van der Waals surface area (Å²) in [5.41, 5.74) is 1.87. The molecular formula is C22H27ClN2O3. The molecular weight excluding hydrogens is 376 g/mol. The van der Waals surface area contributed by atoms with Gasteiger partial charge in [-0.15, -0.1) is 0 Å². The Morgan fingerprint density at radius 3 is 2.36 bits per heavy atom. The highest BCUT2D eigenvalue weighted by Crippen LogP contribution is 2.17. The lowest BCUT2D eigenvalue weighted by atomic mass is 10.0. The molecule has 0 aromatic heterocycles. The van der Waals surface area contributed by atoms with E-state index in [0.29, 0.717) is 30.8 Å². The van der Waals surface area contributed by atoms with Crippen molar-refractivity contribution in [3.63, 3.8) is 0 Å². The fourth-order valence-corrected chi connectivity index (χ4v) is 3.12. The van der Waals surface area contributed by atoms with Crippen LogP contribution in [-0.4, -0.2) is 41.0 Å². The zero-order valence-corrected chi connectivity index (χ0v) is 16.9. The van der Waals surface area contributed by atoms with Crippen LogP contribution in [0.15, 0.2) is 54.6 Å². The van der Waals surface area contributed by atoms with Gasteiger partial charge in [-0.05, 0) is 29.7 Å². The fraction of sp³-hybridized carbons (Fsp3) is 0.364. The van der Waals surface area contributed by atoms with E-state index in [1.165, 1.54) is 0 Å². The van der Waals surface area contributed by atoms with Crippen LogP contribution in [0.2, 0.25) is 5.02 Å². The molecule has 0 saturated heterocycles. The molecule has 150 valence electrons. The minimum absolute atomic E-state index is 0.0717. The number of benzene rings is 2. The van der Waals surface area contributed by atoms with E-state index in [4.69, 9.17) is 16.7 Å². The predicted molar refractivity (Wildman–Crippen MR) is 111 cm³/mol. The zero-order chi connectivity index (χ0) is 20.4. The highest BCUT2D eigenvalue weighted by Gasteiger charge is 2.29. The van der Waals surface area contributed by atoms with E-state index >= 15 is 0 Å². The molecule has 2 aromatic rings. The predicted octanol–water partition coefficient (Wildman–Crippen LogP) is 3.19. The number of rotatable bonds is 10. The summed E-state index contributed by atoms with van der Waals surface area (Å²) in [5.74, 6) is -0.339. The van der Waals surface area contributed by atoms with Crippen LogP contribution in [0.1, 0.15) is 30.9 Å². The summed E-state index contributed by atoms with van der Waals surface area (Å²) in [6, 6.07) is 16.2. The van der Waals surface area contributed by atoms with Crippen molar-refractivity contribution in [1.82, 2.24) is 10.2 Å². The van der Waals surface area contributed by atoms with Gasteiger partial charge in [-0.25, -0.2) is 0 Å². The normalized spacial score (nSPS) is 11.7. The fourth-order valence-electron chi connectivity index (χ4n) is 2.99. The minimum atomic E-state index is -0.663. The second kappa shape index (κ2) is 11.5. The van der Waals surface area contributed by atoms with Crippen LogP contribution in [0.3, 0.4) is 0 Å². The number of carbonyl (C=O) groups excluding carboxylic acids is 2. The molecule has 0 radical (unpaired) electrons. The first-order valence-electron chi connectivity index (χ1n) is 9.51. The van der Waals surface area contributed by atoms with E-state index in [1.807, 2.05) is 49.4 Å². The quantitative estimate of drug-likeness (QED) is 0.641. The second-order valence-electron chi connectivity index (χ2n) is 6.62. The molecule has 2 rings (SSSR count). The van der Waals surface area contributed by atoms with Crippen molar-refractivity contribution in [1.29, 1.82) is 0 Å². The molecule has 0 fully saturated rings. The van der Waals surface area contributed by atoms with Crippen molar-refractivity contribution >= 4 is 23.4 Å². The number of nitrogens with zero attached hydrogens (tertiary/aromatic N) is 1. The molecule has 2 amide bonds. The Labute approximate surface area is 171 Å². The Bertz CT molecular complexity index is 750. The van der Waals surface area contributed by atoms with Gasteiger partial charge in [-0.2, -0.15) is 0 Å². The largest absolute Gasteiger partial charge is 0.395 e. The lowest BCUT2D eigenvalue weighted by Gasteiger charge is -2.31. The summed E-state index contributed by atoms with van der Waals surface area (Å²) in [6.45, 7) is 2.27. The van der Waals surface area contributed by atoms with E-state index in [2.05, 4.69) is 5.32 Å². The molecule has 2 N–H and O–H groups in total. The number of amides is 2. The van der Waals surface area contributed by atoms with Gasteiger partial charge in [-0.1, -0.05) is 61.0 Å². The Balaban J connectivity index is 2.32. The molecule has 28 heavy (non-hydrogen) atoms. The molecule has 0 aliphatic carbocycles. The molecule has 1 atom stereocenters. The number of carbonyl (C=O) groups is 2. The summed E-state index contributed by atoms with van der Waals surface area (Å²) in [7, 11) is 0. The van der Waals surface area contributed by atoms with Crippen LogP contribution < -0.4 is 5.32 Å². The maximum atomic E-state index is 12.9. The molecule has 0 saturated carbocycles. The van der Waals surface area contributed by atoms with Gasteiger partial charge < -0.3 is 15.3 Å². The number of aliphatic hydroxyl groups is 1. The first kappa shape index (κ1) is 21.9. The van der Waals surface area contributed by atoms with Gasteiger partial charge in [0, 0.05) is 31.0 Å². The standard InChI is InChI=1S/C22H27ClN2O3/c1-2-6-21(27)25(16-18-9-11-19(23)12-10-18)20(22(28)24-13-14-26)15-17-7-4-3-5-8-17/h3-5,7-12,20,26H,2,6,13-16H2,1H3,(H,24,28)/t20-/m0/s1. The lowest BCUT2D eigenvalue weighted by Crippen LogP contribution is -2.50. The van der Waals surface area contributed by atoms with Gasteiger partial charge in [0.05, 0.1) is 6.61 Å². The van der Waals surface area contributed by atoms with Gasteiger partial charge in [-0.3, -0.25) is 9.59 Å². The summed E-state index contributed by atoms with van der Waals surface area (Å²) in [5, 5.41) is 12.4. The lowest BCUT2D eigenvalue weighted by molar-refractivity contribution is -0.141.